The minimum Gasteiger partial charge on any atom is -0.346 e. The second-order valence-corrected chi connectivity index (χ2v) is 2.16. The van der Waals surface area contributed by atoms with Crippen LogP contribution in [-0.4, -0.2) is 25.0 Å². The molecule has 0 radical (unpaired) electrons. The first kappa shape index (κ1) is 17.6. The molecule has 0 heterocycles. The molecule has 0 aliphatic rings. The van der Waals surface area contributed by atoms with Gasteiger partial charge in [-0.15, -0.1) is 0 Å². The summed E-state index contributed by atoms with van der Waals surface area (Å²) < 4.78 is 0. The van der Waals surface area contributed by atoms with Crippen LogP contribution in [0.5, 0.6) is 0 Å². The Morgan fingerprint density at radius 1 is 1.18 bits per heavy atom. The van der Waals surface area contributed by atoms with Gasteiger partial charge in [0.15, 0.2) is 0 Å². The largest absolute Gasteiger partial charge is 2.00 e. The van der Waals surface area contributed by atoms with Crippen LogP contribution in [0.25, 0.3) is 0 Å². The van der Waals surface area contributed by atoms with Gasteiger partial charge in [0, 0.05) is 0 Å². The molecule has 0 aromatic rings. The monoisotopic (exact) mass is 207 g/mol. The maximum absolute atomic E-state index is 3.77. The Morgan fingerprint density at radius 3 is 1.91 bits per heavy atom. The summed E-state index contributed by atoms with van der Waals surface area (Å²) in [4.78, 5) is 2.30. The second kappa shape index (κ2) is 16.9. The summed E-state index contributed by atoms with van der Waals surface area (Å²) in [5.74, 6) is 0. The average molecular weight is 209 g/mol. The average Bonchev–Trinajstić information content (AvgIpc) is 1.93. The minimum absolute atomic E-state index is 0. The molecule has 0 rings (SSSR count). The van der Waals surface area contributed by atoms with Crippen LogP contribution in [0, 0.1) is 13.8 Å². The van der Waals surface area contributed by atoms with Gasteiger partial charge >= 0.3 is 19.5 Å². The molecular weight excluding hydrogens is 187 g/mol. The smallest absolute Gasteiger partial charge is 0.346 e. The third kappa shape index (κ3) is 18.0. The molecule has 1 nitrogen and oxygen atoms in total. The van der Waals surface area contributed by atoms with Gasteiger partial charge in [0.05, 0.1) is 0 Å². The second-order valence-electron chi connectivity index (χ2n) is 2.16. The van der Waals surface area contributed by atoms with Crippen LogP contribution >= 0.6 is 0 Å². The van der Waals surface area contributed by atoms with Crippen molar-refractivity contribution >= 4 is 0 Å². The molecule has 0 saturated heterocycles. The Kier molecular flexibility index (Phi) is 27.1. The van der Waals surface area contributed by atoms with Crippen molar-refractivity contribution < 1.29 is 19.5 Å². The van der Waals surface area contributed by atoms with Crippen molar-refractivity contribution in [2.24, 2.45) is 0 Å². The molecule has 0 aliphatic heterocycles. The van der Waals surface area contributed by atoms with Crippen LogP contribution < -0.4 is 0 Å². The topological polar surface area (TPSA) is 3.24 Å². The molecule has 0 aliphatic carbocycles. The third-order valence-corrected chi connectivity index (χ3v) is 1.15. The molecule has 64 valence electrons. The molecule has 0 aromatic heterocycles. The van der Waals surface area contributed by atoms with Crippen LogP contribution in [0.3, 0.4) is 0 Å². The first-order valence-electron chi connectivity index (χ1n) is 3.99. The Hall–Kier alpha value is 0.583. The maximum Gasteiger partial charge on any atom is 2.00 e. The normalized spacial score (nSPS) is 8.18. The molecule has 0 atom stereocenters. The van der Waals surface area contributed by atoms with E-state index in [9.17, 15) is 0 Å². The zero-order valence-electron chi connectivity index (χ0n) is 8.40. The summed E-state index contributed by atoms with van der Waals surface area (Å²) >= 11 is 0. The van der Waals surface area contributed by atoms with Crippen LogP contribution in [0.1, 0.15) is 26.7 Å². The fraction of sp³-hybridized carbons (Fsp3) is 0.778. The molecule has 0 amide bonds. The molecule has 2 heteroatoms. The zero-order valence-corrected chi connectivity index (χ0v) is 11.4. The quantitative estimate of drug-likeness (QED) is 0.507. The van der Waals surface area contributed by atoms with Crippen molar-refractivity contribution in [1.29, 1.82) is 0 Å². The molecule has 11 heavy (non-hydrogen) atoms. The molecule has 0 saturated carbocycles. The van der Waals surface area contributed by atoms with Crippen LogP contribution in [0.4, 0.5) is 0 Å². The van der Waals surface area contributed by atoms with Gasteiger partial charge < -0.3 is 18.7 Å². The van der Waals surface area contributed by atoms with Gasteiger partial charge in [0.25, 0.3) is 0 Å². The number of hydrogen-bond acceptors (Lipinski definition) is 1. The number of rotatable bonds is 4. The van der Waals surface area contributed by atoms with E-state index in [1.165, 1.54) is 13.0 Å². The molecule has 0 fully saturated rings. The van der Waals surface area contributed by atoms with E-state index in [1.54, 1.807) is 6.92 Å². The van der Waals surface area contributed by atoms with Crippen LogP contribution in [-0.2, 0) is 19.5 Å². The van der Waals surface area contributed by atoms with Crippen LogP contribution in [0.15, 0.2) is 0 Å². The van der Waals surface area contributed by atoms with Gasteiger partial charge in [-0.05, 0) is 26.6 Å². The van der Waals surface area contributed by atoms with Gasteiger partial charge in [0.1, 0.15) is 0 Å². The predicted octanol–water partition coefficient (Wildman–Crippen LogP) is 2.39. The van der Waals surface area contributed by atoms with Crippen molar-refractivity contribution in [3.63, 3.8) is 0 Å². The summed E-state index contributed by atoms with van der Waals surface area (Å²) in [6.45, 7) is 13.3. The summed E-state index contributed by atoms with van der Waals surface area (Å²) in [6.07, 6.45) is 2.27. The Bertz CT molecular complexity index is 42.8. The third-order valence-electron chi connectivity index (χ3n) is 1.15. The Labute approximate surface area is 85.3 Å². The van der Waals surface area contributed by atoms with Gasteiger partial charge in [-0.2, -0.15) is 13.3 Å². The SMILES string of the molecule is [CH2-]C.[CH2-]CCN(C)CCC.[Zn+2]. The van der Waals surface area contributed by atoms with Gasteiger partial charge in [0.2, 0.25) is 0 Å². The fourth-order valence-corrected chi connectivity index (χ4v) is 0.763. The zero-order chi connectivity index (χ0) is 8.41. The van der Waals surface area contributed by atoms with Gasteiger partial charge in [-0.25, -0.2) is 0 Å². The summed E-state index contributed by atoms with van der Waals surface area (Å²) in [5, 5.41) is 0. The van der Waals surface area contributed by atoms with E-state index in [4.69, 9.17) is 0 Å². The Morgan fingerprint density at radius 2 is 1.64 bits per heavy atom. The first-order valence-corrected chi connectivity index (χ1v) is 3.99. The molecular formula is C9H21NZn. The van der Waals surface area contributed by atoms with E-state index in [-0.39, 0.29) is 19.5 Å². The minimum atomic E-state index is 0. The van der Waals surface area contributed by atoms with E-state index in [0.717, 1.165) is 13.0 Å². The van der Waals surface area contributed by atoms with E-state index in [2.05, 4.69) is 32.7 Å². The Balaban J connectivity index is -0.000000196. The van der Waals surface area contributed by atoms with E-state index in [0.29, 0.717) is 0 Å². The summed E-state index contributed by atoms with van der Waals surface area (Å²) in [7, 11) is 2.13. The molecule has 0 N–H and O–H groups in total. The predicted molar refractivity (Wildman–Crippen MR) is 48.8 cm³/mol. The number of nitrogens with zero attached hydrogens (tertiary/aromatic N) is 1. The maximum atomic E-state index is 3.77. The van der Waals surface area contributed by atoms with Gasteiger partial charge in [-0.3, -0.25) is 0 Å². The van der Waals surface area contributed by atoms with Crippen molar-refractivity contribution in [2.45, 2.75) is 26.7 Å². The first-order chi connectivity index (χ1) is 4.81. The van der Waals surface area contributed by atoms with Gasteiger partial charge in [-0.1, -0.05) is 6.92 Å². The molecule has 0 aromatic carbocycles. The van der Waals surface area contributed by atoms with E-state index < -0.39 is 0 Å². The summed E-state index contributed by atoms with van der Waals surface area (Å²) in [5.41, 5.74) is 0. The number of hydrogen-bond donors (Lipinski definition) is 0. The van der Waals surface area contributed by atoms with E-state index >= 15 is 0 Å². The summed E-state index contributed by atoms with van der Waals surface area (Å²) in [6, 6.07) is 0. The molecule has 0 unspecified atom stereocenters. The molecule has 0 bridgehead atoms. The van der Waals surface area contributed by atoms with E-state index in [1.807, 2.05) is 0 Å². The van der Waals surface area contributed by atoms with Crippen molar-refractivity contribution in [2.75, 3.05) is 20.1 Å². The van der Waals surface area contributed by atoms with Crippen LogP contribution in [0.2, 0.25) is 0 Å². The molecule has 0 spiro atoms. The van der Waals surface area contributed by atoms with Crippen molar-refractivity contribution in [1.82, 2.24) is 4.90 Å². The standard InChI is InChI=1S/C7H16N.C2H5.Zn/c1-4-6-8(3)7-5-2;1-2;/h1,4-7H2,2-3H3;1H2,2H3;/q2*-1;+2. The van der Waals surface area contributed by atoms with Crippen molar-refractivity contribution in [3.8, 4) is 0 Å². The fourth-order valence-electron chi connectivity index (χ4n) is 0.763. The van der Waals surface area contributed by atoms with Crippen molar-refractivity contribution in [3.05, 3.63) is 13.8 Å².